The van der Waals surface area contributed by atoms with E-state index in [-0.39, 0.29) is 24.0 Å². The Hall–Kier alpha value is -2.40. The van der Waals surface area contributed by atoms with Gasteiger partial charge >= 0.3 is 0 Å². The van der Waals surface area contributed by atoms with Crippen molar-refractivity contribution in [2.45, 2.75) is 32.6 Å². The summed E-state index contributed by atoms with van der Waals surface area (Å²) in [4.78, 5) is 27.0. The average molecular weight is 342 g/mol. The standard InChI is InChI=1S/C20H26N2O3/c1-14(2)10-18-11-17(12-19(24)22-18)20(25)21-13-16(8-9-23)15-6-4-3-5-7-15/h3-7,11-12,14,16,23H,8-10,13H2,1-2H3,(H,21,25)(H,22,24). The van der Waals surface area contributed by atoms with Crippen LogP contribution in [-0.2, 0) is 6.42 Å². The second-order valence-corrected chi connectivity index (χ2v) is 6.69. The number of aliphatic hydroxyl groups is 1. The highest BCUT2D eigenvalue weighted by molar-refractivity contribution is 5.94. The third kappa shape index (κ3) is 5.87. The summed E-state index contributed by atoms with van der Waals surface area (Å²) in [6.07, 6.45) is 1.28. The van der Waals surface area contributed by atoms with Gasteiger partial charge in [-0.3, -0.25) is 9.59 Å². The maximum atomic E-state index is 12.4. The van der Waals surface area contributed by atoms with Gasteiger partial charge in [0.2, 0.25) is 5.56 Å². The van der Waals surface area contributed by atoms with Gasteiger partial charge in [-0.2, -0.15) is 0 Å². The first-order valence-corrected chi connectivity index (χ1v) is 8.67. The Bertz CT molecular complexity index is 738. The third-order valence-electron chi connectivity index (χ3n) is 4.05. The zero-order valence-electron chi connectivity index (χ0n) is 14.8. The monoisotopic (exact) mass is 342 g/mol. The molecule has 2 aromatic rings. The van der Waals surface area contributed by atoms with Gasteiger partial charge in [0, 0.05) is 36.4 Å². The van der Waals surface area contributed by atoms with Crippen LogP contribution in [0.15, 0.2) is 47.3 Å². The van der Waals surface area contributed by atoms with Crippen molar-refractivity contribution < 1.29 is 9.90 Å². The molecule has 1 aromatic carbocycles. The van der Waals surface area contributed by atoms with Crippen LogP contribution >= 0.6 is 0 Å². The highest BCUT2D eigenvalue weighted by Crippen LogP contribution is 2.18. The Balaban J connectivity index is 2.08. The van der Waals surface area contributed by atoms with Gasteiger partial charge in [-0.05, 0) is 30.4 Å². The molecule has 1 unspecified atom stereocenters. The van der Waals surface area contributed by atoms with Gasteiger partial charge in [-0.15, -0.1) is 0 Å². The summed E-state index contributed by atoms with van der Waals surface area (Å²) in [7, 11) is 0. The van der Waals surface area contributed by atoms with Crippen LogP contribution in [0.4, 0.5) is 0 Å². The number of amides is 1. The van der Waals surface area contributed by atoms with Crippen molar-refractivity contribution >= 4 is 5.91 Å². The lowest BCUT2D eigenvalue weighted by molar-refractivity contribution is 0.0949. The maximum Gasteiger partial charge on any atom is 0.251 e. The summed E-state index contributed by atoms with van der Waals surface area (Å²) in [6.45, 7) is 4.59. The first-order chi connectivity index (χ1) is 12.0. The summed E-state index contributed by atoms with van der Waals surface area (Å²) in [5.41, 5.74) is 1.94. The molecule has 0 aliphatic carbocycles. The maximum absolute atomic E-state index is 12.4. The molecular formula is C20H26N2O3. The lowest BCUT2D eigenvalue weighted by Crippen LogP contribution is -2.30. The second-order valence-electron chi connectivity index (χ2n) is 6.69. The number of carbonyl (C=O) groups is 1. The molecular weight excluding hydrogens is 316 g/mol. The number of hydrogen-bond acceptors (Lipinski definition) is 3. The number of rotatable bonds is 8. The van der Waals surface area contributed by atoms with Crippen LogP contribution in [0.5, 0.6) is 0 Å². The Labute approximate surface area is 148 Å². The minimum Gasteiger partial charge on any atom is -0.396 e. The Morgan fingerprint density at radius 1 is 1.20 bits per heavy atom. The lowest BCUT2D eigenvalue weighted by atomic mass is 9.96. The van der Waals surface area contributed by atoms with E-state index >= 15 is 0 Å². The van der Waals surface area contributed by atoms with Crippen LogP contribution in [0.25, 0.3) is 0 Å². The fraction of sp³-hybridized carbons (Fsp3) is 0.400. The minimum absolute atomic E-state index is 0.0345. The molecule has 1 amide bonds. The second kappa shape index (κ2) is 9.18. The van der Waals surface area contributed by atoms with Gasteiger partial charge in [0.05, 0.1) is 0 Å². The van der Waals surface area contributed by atoms with Gasteiger partial charge in [0.15, 0.2) is 0 Å². The summed E-state index contributed by atoms with van der Waals surface area (Å²) in [5, 5.41) is 12.2. The Morgan fingerprint density at radius 3 is 2.56 bits per heavy atom. The predicted molar refractivity (Wildman–Crippen MR) is 98.8 cm³/mol. The molecule has 0 spiro atoms. The van der Waals surface area contributed by atoms with Crippen molar-refractivity contribution in [1.82, 2.24) is 10.3 Å². The van der Waals surface area contributed by atoms with Crippen molar-refractivity contribution in [3.8, 4) is 0 Å². The normalized spacial score (nSPS) is 12.2. The van der Waals surface area contributed by atoms with Crippen LogP contribution < -0.4 is 10.9 Å². The van der Waals surface area contributed by atoms with Crippen molar-refractivity contribution in [1.29, 1.82) is 0 Å². The third-order valence-corrected chi connectivity index (χ3v) is 4.05. The van der Waals surface area contributed by atoms with E-state index in [4.69, 9.17) is 0 Å². The molecule has 2 rings (SSSR count). The fourth-order valence-corrected chi connectivity index (χ4v) is 2.87. The summed E-state index contributed by atoms with van der Waals surface area (Å²) in [5.74, 6) is 0.156. The molecule has 25 heavy (non-hydrogen) atoms. The number of aromatic nitrogens is 1. The van der Waals surface area contributed by atoms with Crippen LogP contribution in [0.1, 0.15) is 47.8 Å². The largest absolute Gasteiger partial charge is 0.396 e. The van der Waals surface area contributed by atoms with E-state index in [1.54, 1.807) is 6.07 Å². The highest BCUT2D eigenvalue weighted by Gasteiger charge is 2.14. The molecule has 3 N–H and O–H groups in total. The predicted octanol–water partition coefficient (Wildman–Crippen LogP) is 2.47. The van der Waals surface area contributed by atoms with E-state index in [1.165, 1.54) is 6.07 Å². The molecule has 0 bridgehead atoms. The molecule has 0 saturated heterocycles. The van der Waals surface area contributed by atoms with Gasteiger partial charge < -0.3 is 15.4 Å². The van der Waals surface area contributed by atoms with E-state index < -0.39 is 0 Å². The fourth-order valence-electron chi connectivity index (χ4n) is 2.87. The first kappa shape index (κ1) is 18.9. The van der Waals surface area contributed by atoms with Crippen LogP contribution in [0.2, 0.25) is 0 Å². The molecule has 0 saturated carbocycles. The number of H-pyrrole nitrogens is 1. The summed E-state index contributed by atoms with van der Waals surface area (Å²) < 4.78 is 0. The van der Waals surface area contributed by atoms with E-state index in [1.807, 2.05) is 30.3 Å². The number of pyridine rings is 1. The van der Waals surface area contributed by atoms with Gasteiger partial charge in [-0.1, -0.05) is 44.2 Å². The summed E-state index contributed by atoms with van der Waals surface area (Å²) in [6, 6.07) is 12.8. The highest BCUT2D eigenvalue weighted by atomic mass is 16.3. The molecule has 1 atom stereocenters. The summed E-state index contributed by atoms with van der Waals surface area (Å²) >= 11 is 0. The SMILES string of the molecule is CC(C)Cc1cc(C(=O)NCC(CCO)c2ccccc2)cc(=O)[nH]1. The van der Waals surface area contributed by atoms with Crippen LogP contribution in [0, 0.1) is 5.92 Å². The van der Waals surface area contributed by atoms with Crippen molar-refractivity contribution in [3.63, 3.8) is 0 Å². The first-order valence-electron chi connectivity index (χ1n) is 8.67. The lowest BCUT2D eigenvalue weighted by Gasteiger charge is -2.17. The van der Waals surface area contributed by atoms with E-state index in [9.17, 15) is 14.7 Å². The van der Waals surface area contributed by atoms with E-state index in [0.717, 1.165) is 11.3 Å². The number of carbonyl (C=O) groups excluding carboxylic acids is 1. The molecule has 5 heteroatoms. The molecule has 0 fully saturated rings. The van der Waals surface area contributed by atoms with Crippen molar-refractivity contribution in [2.24, 2.45) is 5.92 Å². The van der Waals surface area contributed by atoms with Crippen LogP contribution in [0.3, 0.4) is 0 Å². The van der Waals surface area contributed by atoms with Gasteiger partial charge in [0.1, 0.15) is 0 Å². The van der Waals surface area contributed by atoms with Gasteiger partial charge in [0.25, 0.3) is 5.91 Å². The molecule has 0 aliphatic heterocycles. The van der Waals surface area contributed by atoms with Crippen molar-refractivity contribution in [3.05, 3.63) is 69.6 Å². The number of aromatic amines is 1. The molecule has 1 heterocycles. The average Bonchev–Trinajstić information content (AvgIpc) is 2.58. The number of aliphatic hydroxyl groups excluding tert-OH is 1. The minimum atomic E-state index is -0.269. The zero-order chi connectivity index (χ0) is 18.2. The number of nitrogens with one attached hydrogen (secondary N) is 2. The molecule has 0 aliphatic rings. The van der Waals surface area contributed by atoms with Crippen molar-refractivity contribution in [2.75, 3.05) is 13.2 Å². The topological polar surface area (TPSA) is 82.2 Å². The molecule has 134 valence electrons. The molecule has 1 aromatic heterocycles. The molecule has 0 radical (unpaired) electrons. The Kier molecular flexibility index (Phi) is 6.95. The number of hydrogen-bond donors (Lipinski definition) is 3. The van der Waals surface area contributed by atoms with E-state index in [2.05, 4.69) is 24.1 Å². The van der Waals surface area contributed by atoms with Gasteiger partial charge in [-0.25, -0.2) is 0 Å². The smallest absolute Gasteiger partial charge is 0.251 e. The van der Waals surface area contributed by atoms with E-state index in [0.29, 0.717) is 30.9 Å². The number of benzene rings is 1. The Morgan fingerprint density at radius 2 is 1.92 bits per heavy atom. The molecule has 5 nitrogen and oxygen atoms in total. The quantitative estimate of drug-likeness (QED) is 0.689. The zero-order valence-corrected chi connectivity index (χ0v) is 14.8. The van der Waals surface area contributed by atoms with Crippen LogP contribution in [-0.4, -0.2) is 29.1 Å².